The number of fused-ring (bicyclic) bond motifs is 1. The minimum atomic E-state index is -0.213. The van der Waals surface area contributed by atoms with E-state index in [1.54, 1.807) is 0 Å². The highest BCUT2D eigenvalue weighted by atomic mass is 16.5. The van der Waals surface area contributed by atoms with Crippen LogP contribution in [0.25, 0.3) is 0 Å². The van der Waals surface area contributed by atoms with Gasteiger partial charge in [-0.3, -0.25) is 4.79 Å². The normalized spacial score (nSPS) is 23.1. The Morgan fingerprint density at radius 3 is 3.11 bits per heavy atom. The molecule has 1 unspecified atom stereocenters. The van der Waals surface area contributed by atoms with Crippen molar-refractivity contribution in [3.05, 3.63) is 29.8 Å². The van der Waals surface area contributed by atoms with E-state index in [1.807, 2.05) is 17.0 Å². The van der Waals surface area contributed by atoms with Crippen molar-refractivity contribution in [2.24, 2.45) is 0 Å². The van der Waals surface area contributed by atoms with E-state index in [2.05, 4.69) is 17.4 Å². The SMILES string of the molecule is O=C(C1CCCO1)N1CCNc2ccccc2C1. The summed E-state index contributed by atoms with van der Waals surface area (Å²) in [7, 11) is 0. The molecule has 0 aliphatic carbocycles. The molecule has 0 bridgehead atoms. The molecule has 3 rings (SSSR count). The summed E-state index contributed by atoms with van der Waals surface area (Å²) in [4.78, 5) is 14.2. The fraction of sp³-hybridized carbons (Fsp3) is 0.500. The predicted molar refractivity (Wildman–Crippen MR) is 69.3 cm³/mol. The molecule has 0 spiro atoms. The van der Waals surface area contributed by atoms with Crippen LogP contribution in [0.5, 0.6) is 0 Å². The zero-order valence-corrected chi connectivity index (χ0v) is 10.4. The minimum Gasteiger partial charge on any atom is -0.383 e. The second-order valence-electron chi connectivity index (χ2n) is 4.85. The average molecular weight is 246 g/mol. The molecule has 1 aromatic carbocycles. The Balaban J connectivity index is 1.76. The van der Waals surface area contributed by atoms with Crippen molar-refractivity contribution < 1.29 is 9.53 Å². The van der Waals surface area contributed by atoms with Crippen molar-refractivity contribution in [2.45, 2.75) is 25.5 Å². The van der Waals surface area contributed by atoms with Crippen molar-refractivity contribution >= 4 is 11.6 Å². The number of nitrogens with one attached hydrogen (secondary N) is 1. The lowest BCUT2D eigenvalue weighted by molar-refractivity contribution is -0.141. The molecule has 1 atom stereocenters. The van der Waals surface area contributed by atoms with E-state index < -0.39 is 0 Å². The topological polar surface area (TPSA) is 41.6 Å². The summed E-state index contributed by atoms with van der Waals surface area (Å²) in [5.41, 5.74) is 2.32. The minimum absolute atomic E-state index is 0.144. The van der Waals surface area contributed by atoms with Gasteiger partial charge in [-0.1, -0.05) is 18.2 Å². The van der Waals surface area contributed by atoms with Crippen LogP contribution in [0.1, 0.15) is 18.4 Å². The van der Waals surface area contributed by atoms with Gasteiger partial charge in [0.25, 0.3) is 5.91 Å². The highest BCUT2D eigenvalue weighted by Gasteiger charge is 2.29. The molecule has 1 amide bonds. The zero-order chi connectivity index (χ0) is 12.4. The Morgan fingerprint density at radius 2 is 2.28 bits per heavy atom. The van der Waals surface area contributed by atoms with Gasteiger partial charge in [-0.15, -0.1) is 0 Å². The number of rotatable bonds is 1. The summed E-state index contributed by atoms with van der Waals surface area (Å²) in [6.07, 6.45) is 1.65. The second kappa shape index (κ2) is 4.98. The molecule has 1 saturated heterocycles. The standard InChI is InChI=1S/C14H18N2O2/c17-14(13-6-3-9-18-13)16-8-7-15-12-5-2-1-4-11(12)10-16/h1-2,4-5,13,15H,3,6-10H2. The van der Waals surface area contributed by atoms with Gasteiger partial charge in [0.1, 0.15) is 6.10 Å². The largest absolute Gasteiger partial charge is 0.383 e. The Labute approximate surface area is 107 Å². The monoisotopic (exact) mass is 246 g/mol. The lowest BCUT2D eigenvalue weighted by Crippen LogP contribution is -2.39. The highest BCUT2D eigenvalue weighted by Crippen LogP contribution is 2.22. The summed E-state index contributed by atoms with van der Waals surface area (Å²) >= 11 is 0. The first-order valence-corrected chi connectivity index (χ1v) is 6.57. The van der Waals surface area contributed by atoms with Crippen LogP contribution in [0, 0.1) is 0 Å². The van der Waals surface area contributed by atoms with Crippen LogP contribution in [0.15, 0.2) is 24.3 Å². The molecule has 96 valence electrons. The summed E-state index contributed by atoms with van der Waals surface area (Å²) in [5.74, 6) is 0.144. The molecule has 2 heterocycles. The molecule has 2 aliphatic rings. The average Bonchev–Trinajstić information content (AvgIpc) is 2.84. The van der Waals surface area contributed by atoms with Gasteiger partial charge in [0.15, 0.2) is 0 Å². The van der Waals surface area contributed by atoms with Gasteiger partial charge >= 0.3 is 0 Å². The van der Waals surface area contributed by atoms with Crippen LogP contribution in [0.2, 0.25) is 0 Å². The van der Waals surface area contributed by atoms with Crippen LogP contribution < -0.4 is 5.32 Å². The molecular formula is C14H18N2O2. The molecular weight excluding hydrogens is 228 g/mol. The van der Waals surface area contributed by atoms with Gasteiger partial charge in [-0.25, -0.2) is 0 Å². The number of hydrogen-bond acceptors (Lipinski definition) is 3. The third kappa shape index (κ3) is 2.20. The third-order valence-corrected chi connectivity index (χ3v) is 3.59. The van der Waals surface area contributed by atoms with Gasteiger partial charge < -0.3 is 15.0 Å². The van der Waals surface area contributed by atoms with E-state index in [0.29, 0.717) is 6.54 Å². The molecule has 0 aromatic heterocycles. The third-order valence-electron chi connectivity index (χ3n) is 3.59. The summed E-state index contributed by atoms with van der Waals surface area (Å²) in [5, 5.41) is 3.37. The van der Waals surface area contributed by atoms with Gasteiger partial charge in [-0.05, 0) is 24.5 Å². The number of para-hydroxylation sites is 1. The molecule has 2 aliphatic heterocycles. The van der Waals surface area contributed by atoms with Crippen LogP contribution in [-0.2, 0) is 16.1 Å². The lowest BCUT2D eigenvalue weighted by Gasteiger charge is -2.23. The molecule has 0 radical (unpaired) electrons. The van der Waals surface area contributed by atoms with Crippen LogP contribution in [0.4, 0.5) is 5.69 Å². The number of nitrogens with zero attached hydrogens (tertiary/aromatic N) is 1. The number of benzene rings is 1. The first-order chi connectivity index (χ1) is 8.84. The molecule has 4 nitrogen and oxygen atoms in total. The smallest absolute Gasteiger partial charge is 0.252 e. The number of ether oxygens (including phenoxy) is 1. The maximum Gasteiger partial charge on any atom is 0.252 e. The summed E-state index contributed by atoms with van der Waals surface area (Å²) < 4.78 is 5.49. The number of hydrogen-bond donors (Lipinski definition) is 1. The van der Waals surface area contributed by atoms with Crippen LogP contribution in [0.3, 0.4) is 0 Å². The first-order valence-electron chi connectivity index (χ1n) is 6.57. The van der Waals surface area contributed by atoms with E-state index >= 15 is 0 Å². The Hall–Kier alpha value is -1.55. The quantitative estimate of drug-likeness (QED) is 0.818. The Morgan fingerprint density at radius 1 is 1.39 bits per heavy atom. The summed E-state index contributed by atoms with van der Waals surface area (Å²) in [6, 6.07) is 8.17. The van der Waals surface area contributed by atoms with Crippen molar-refractivity contribution in [3.8, 4) is 0 Å². The number of anilines is 1. The zero-order valence-electron chi connectivity index (χ0n) is 10.4. The van der Waals surface area contributed by atoms with Crippen molar-refractivity contribution in [1.82, 2.24) is 4.90 Å². The number of carbonyl (C=O) groups is 1. The van der Waals surface area contributed by atoms with Crippen molar-refractivity contribution in [1.29, 1.82) is 0 Å². The fourth-order valence-electron chi connectivity index (χ4n) is 2.61. The maximum absolute atomic E-state index is 12.3. The molecule has 18 heavy (non-hydrogen) atoms. The van der Waals surface area contributed by atoms with E-state index in [1.165, 1.54) is 5.56 Å². The number of carbonyl (C=O) groups excluding carboxylic acids is 1. The van der Waals surface area contributed by atoms with Gasteiger partial charge in [0.2, 0.25) is 0 Å². The second-order valence-corrected chi connectivity index (χ2v) is 4.85. The molecule has 0 saturated carbocycles. The van der Waals surface area contributed by atoms with Gasteiger partial charge in [-0.2, -0.15) is 0 Å². The van der Waals surface area contributed by atoms with E-state index in [9.17, 15) is 4.79 Å². The van der Waals surface area contributed by atoms with Crippen LogP contribution in [-0.4, -0.2) is 36.6 Å². The Kier molecular flexibility index (Phi) is 3.19. The lowest BCUT2D eigenvalue weighted by atomic mass is 10.1. The molecule has 1 N–H and O–H groups in total. The van der Waals surface area contributed by atoms with E-state index in [0.717, 1.165) is 38.2 Å². The molecule has 1 aromatic rings. The first kappa shape index (κ1) is 11.5. The summed E-state index contributed by atoms with van der Waals surface area (Å²) in [6.45, 7) is 2.95. The maximum atomic E-state index is 12.3. The van der Waals surface area contributed by atoms with Gasteiger partial charge in [0.05, 0.1) is 0 Å². The number of amides is 1. The van der Waals surface area contributed by atoms with Crippen molar-refractivity contribution in [3.63, 3.8) is 0 Å². The molecule has 1 fully saturated rings. The Bertz CT molecular complexity index is 441. The highest BCUT2D eigenvalue weighted by molar-refractivity contribution is 5.81. The van der Waals surface area contributed by atoms with Crippen molar-refractivity contribution in [2.75, 3.05) is 25.0 Å². The predicted octanol–water partition coefficient (Wildman–Crippen LogP) is 1.62. The molecule has 4 heteroatoms. The fourth-order valence-corrected chi connectivity index (χ4v) is 2.61. The van der Waals surface area contributed by atoms with Gasteiger partial charge in [0, 0.05) is 31.9 Å². The van der Waals surface area contributed by atoms with E-state index in [4.69, 9.17) is 4.74 Å². The van der Waals surface area contributed by atoms with Crippen LogP contribution >= 0.6 is 0 Å². The van der Waals surface area contributed by atoms with E-state index in [-0.39, 0.29) is 12.0 Å².